The molecule has 4 N–H and O–H groups in total. The predicted molar refractivity (Wildman–Crippen MR) is 224 cm³/mol. The lowest BCUT2D eigenvalue weighted by Gasteiger charge is -2.39. The van der Waals surface area contributed by atoms with Crippen LogP contribution in [0.2, 0.25) is 0 Å². The summed E-state index contributed by atoms with van der Waals surface area (Å²) in [4.78, 5) is 12.8. The molecule has 0 saturated carbocycles. The molecule has 0 spiro atoms. The third-order valence-corrected chi connectivity index (χ3v) is 11.3. The first-order valence-electron chi connectivity index (χ1n) is 23.6. The second-order valence-corrected chi connectivity index (χ2v) is 16.6. The molecule has 1 aliphatic heterocycles. The largest absolute Gasteiger partial charge is 0.457 e. The SMILES string of the molecule is CCCCCCCCCCCCCCCCCCCCCCCC(=O)OC(COCCCCCCCCCCCCC)COC1OC(CO)C(O)C(O)C1O. The van der Waals surface area contributed by atoms with E-state index in [1.54, 1.807) is 0 Å². The van der Waals surface area contributed by atoms with E-state index in [-0.39, 0.29) is 19.2 Å². The molecule has 1 fully saturated rings. The van der Waals surface area contributed by atoms with Crippen molar-refractivity contribution in [2.24, 2.45) is 0 Å². The monoisotopic (exact) mass is 787 g/mol. The summed E-state index contributed by atoms with van der Waals surface area (Å²) in [6.07, 6.45) is 34.2. The van der Waals surface area contributed by atoms with E-state index < -0.39 is 43.4 Å². The lowest BCUT2D eigenvalue weighted by molar-refractivity contribution is -0.305. The number of hydrogen-bond acceptors (Lipinski definition) is 9. The van der Waals surface area contributed by atoms with E-state index in [1.165, 1.54) is 173 Å². The number of carbonyl (C=O) groups excluding carboxylic acids is 1. The van der Waals surface area contributed by atoms with Crippen LogP contribution in [-0.4, -0.2) is 89.6 Å². The number of unbranched alkanes of at least 4 members (excludes halogenated alkanes) is 30. The van der Waals surface area contributed by atoms with Gasteiger partial charge in [0, 0.05) is 13.0 Å². The summed E-state index contributed by atoms with van der Waals surface area (Å²) in [5, 5.41) is 40.1. The van der Waals surface area contributed by atoms with Crippen molar-refractivity contribution < 1.29 is 44.2 Å². The van der Waals surface area contributed by atoms with Crippen LogP contribution in [-0.2, 0) is 23.7 Å². The molecule has 1 aliphatic rings. The van der Waals surface area contributed by atoms with E-state index in [1.807, 2.05) is 0 Å². The number of aliphatic hydroxyl groups is 4. The molecule has 1 saturated heterocycles. The maximum Gasteiger partial charge on any atom is 0.306 e. The zero-order valence-electron chi connectivity index (χ0n) is 36.0. The fourth-order valence-electron chi connectivity index (χ4n) is 7.55. The molecule has 1 heterocycles. The van der Waals surface area contributed by atoms with Gasteiger partial charge in [-0.3, -0.25) is 4.79 Å². The van der Waals surface area contributed by atoms with Crippen LogP contribution >= 0.6 is 0 Å². The van der Waals surface area contributed by atoms with Crippen molar-refractivity contribution in [3.8, 4) is 0 Å². The number of ether oxygens (including phenoxy) is 4. The van der Waals surface area contributed by atoms with E-state index in [4.69, 9.17) is 18.9 Å². The predicted octanol–water partition coefficient (Wildman–Crippen LogP) is 10.6. The Morgan fingerprint density at radius 2 is 0.891 bits per heavy atom. The molecular weight excluding hydrogens is 696 g/mol. The highest BCUT2D eigenvalue weighted by Gasteiger charge is 2.44. The Balaban J connectivity index is 2.18. The van der Waals surface area contributed by atoms with Gasteiger partial charge in [-0.25, -0.2) is 0 Å². The number of hydrogen-bond donors (Lipinski definition) is 4. The van der Waals surface area contributed by atoms with Crippen molar-refractivity contribution in [1.29, 1.82) is 0 Å². The van der Waals surface area contributed by atoms with Gasteiger partial charge in [-0.05, 0) is 12.8 Å². The topological polar surface area (TPSA) is 135 Å². The Bertz CT molecular complexity index is 812. The first-order chi connectivity index (χ1) is 26.9. The standard InChI is InChI=1S/C46H90O9/c1-3-5-7-9-11-13-15-16-17-18-19-20-21-22-23-24-25-27-29-31-33-35-42(48)54-40(39-53-46-45(51)44(50)43(49)41(37-47)55-46)38-52-36-34-32-30-28-26-14-12-10-8-6-4-2/h40-41,43-47,49-51H,3-39H2,1-2H3. The molecule has 9 nitrogen and oxygen atoms in total. The summed E-state index contributed by atoms with van der Waals surface area (Å²) in [5.74, 6) is -0.307. The molecule has 0 amide bonds. The van der Waals surface area contributed by atoms with Gasteiger partial charge in [-0.15, -0.1) is 0 Å². The fraction of sp³-hybridized carbons (Fsp3) is 0.978. The highest BCUT2D eigenvalue weighted by molar-refractivity contribution is 5.69. The highest BCUT2D eigenvalue weighted by Crippen LogP contribution is 2.23. The Labute approximate surface area is 338 Å². The maximum atomic E-state index is 12.8. The van der Waals surface area contributed by atoms with Crippen molar-refractivity contribution >= 4 is 5.97 Å². The second kappa shape index (κ2) is 38.7. The molecule has 0 aliphatic carbocycles. The minimum absolute atomic E-state index is 0.105. The molecule has 0 aromatic rings. The van der Waals surface area contributed by atoms with E-state index in [0.717, 1.165) is 32.1 Å². The smallest absolute Gasteiger partial charge is 0.306 e. The molecule has 0 aromatic heterocycles. The Hall–Kier alpha value is -0.810. The Morgan fingerprint density at radius 3 is 1.29 bits per heavy atom. The van der Waals surface area contributed by atoms with E-state index >= 15 is 0 Å². The van der Waals surface area contributed by atoms with Crippen LogP contribution in [0.25, 0.3) is 0 Å². The Kier molecular flexibility index (Phi) is 36.7. The number of carbonyl (C=O) groups is 1. The quantitative estimate of drug-likeness (QED) is 0.0353. The van der Waals surface area contributed by atoms with Crippen LogP contribution in [0, 0.1) is 0 Å². The van der Waals surface area contributed by atoms with Gasteiger partial charge in [0.1, 0.15) is 30.5 Å². The van der Waals surface area contributed by atoms with Crippen LogP contribution in [0.15, 0.2) is 0 Å². The van der Waals surface area contributed by atoms with Gasteiger partial charge in [0.2, 0.25) is 0 Å². The summed E-state index contributed by atoms with van der Waals surface area (Å²) in [6.45, 7) is 4.60. The number of rotatable bonds is 41. The van der Waals surface area contributed by atoms with E-state index in [9.17, 15) is 25.2 Å². The van der Waals surface area contributed by atoms with Gasteiger partial charge in [0.15, 0.2) is 6.29 Å². The molecule has 0 radical (unpaired) electrons. The summed E-state index contributed by atoms with van der Waals surface area (Å²) in [5.41, 5.74) is 0. The zero-order valence-corrected chi connectivity index (χ0v) is 36.0. The first-order valence-corrected chi connectivity index (χ1v) is 23.6. The van der Waals surface area contributed by atoms with Crippen LogP contribution < -0.4 is 0 Å². The van der Waals surface area contributed by atoms with E-state index in [2.05, 4.69) is 13.8 Å². The zero-order chi connectivity index (χ0) is 40.0. The van der Waals surface area contributed by atoms with Crippen molar-refractivity contribution in [2.45, 2.75) is 263 Å². The minimum Gasteiger partial charge on any atom is -0.457 e. The number of esters is 1. The first kappa shape index (κ1) is 52.2. The minimum atomic E-state index is -1.53. The van der Waals surface area contributed by atoms with Gasteiger partial charge < -0.3 is 39.4 Å². The maximum absolute atomic E-state index is 12.8. The average molecular weight is 787 g/mol. The van der Waals surface area contributed by atoms with Gasteiger partial charge in [-0.2, -0.15) is 0 Å². The van der Waals surface area contributed by atoms with Gasteiger partial charge >= 0.3 is 5.97 Å². The summed E-state index contributed by atoms with van der Waals surface area (Å²) in [6, 6.07) is 0. The molecule has 9 heteroatoms. The van der Waals surface area contributed by atoms with Crippen LogP contribution in [0.3, 0.4) is 0 Å². The van der Waals surface area contributed by atoms with Crippen molar-refractivity contribution in [1.82, 2.24) is 0 Å². The molecule has 0 aromatic carbocycles. The molecule has 0 bridgehead atoms. The van der Waals surface area contributed by atoms with Gasteiger partial charge in [-0.1, -0.05) is 206 Å². The normalized spacial score (nSPS) is 20.6. The van der Waals surface area contributed by atoms with Crippen LogP contribution in [0.1, 0.15) is 226 Å². The van der Waals surface area contributed by atoms with Crippen LogP contribution in [0.5, 0.6) is 0 Å². The fourth-order valence-corrected chi connectivity index (χ4v) is 7.55. The Morgan fingerprint density at radius 1 is 0.509 bits per heavy atom. The lowest BCUT2D eigenvalue weighted by atomic mass is 9.99. The summed E-state index contributed by atoms with van der Waals surface area (Å²) >= 11 is 0. The van der Waals surface area contributed by atoms with Crippen molar-refractivity contribution in [2.75, 3.05) is 26.4 Å². The third kappa shape index (κ3) is 30.0. The average Bonchev–Trinajstić information content (AvgIpc) is 3.18. The highest BCUT2D eigenvalue weighted by atomic mass is 16.7. The van der Waals surface area contributed by atoms with Gasteiger partial charge in [0.25, 0.3) is 0 Å². The number of aliphatic hydroxyl groups excluding tert-OH is 4. The van der Waals surface area contributed by atoms with Crippen molar-refractivity contribution in [3.05, 3.63) is 0 Å². The molecular formula is C46H90O9. The second-order valence-electron chi connectivity index (χ2n) is 16.6. The molecule has 328 valence electrons. The molecule has 6 atom stereocenters. The summed E-state index contributed by atoms with van der Waals surface area (Å²) in [7, 11) is 0. The third-order valence-electron chi connectivity index (χ3n) is 11.3. The van der Waals surface area contributed by atoms with Crippen LogP contribution in [0.4, 0.5) is 0 Å². The summed E-state index contributed by atoms with van der Waals surface area (Å²) < 4.78 is 22.8. The van der Waals surface area contributed by atoms with Crippen molar-refractivity contribution in [3.63, 3.8) is 0 Å². The molecule has 6 unspecified atom stereocenters. The van der Waals surface area contributed by atoms with Gasteiger partial charge in [0.05, 0.1) is 19.8 Å². The van der Waals surface area contributed by atoms with E-state index in [0.29, 0.717) is 13.0 Å². The molecule has 1 rings (SSSR count). The molecule has 55 heavy (non-hydrogen) atoms. The lowest BCUT2D eigenvalue weighted by Crippen LogP contribution is -2.59.